The Kier molecular flexibility index (Phi) is 8.12. The number of aliphatic imine (C=N–C) groups is 1. The molecule has 6 nitrogen and oxygen atoms in total. The summed E-state index contributed by atoms with van der Waals surface area (Å²) < 4.78 is 0. The number of nitrogens with one attached hydrogen (secondary N) is 3. The van der Waals surface area contributed by atoms with Gasteiger partial charge in [0.1, 0.15) is 0 Å². The molecule has 26 heavy (non-hydrogen) atoms. The van der Waals surface area contributed by atoms with Gasteiger partial charge in [-0.2, -0.15) is 0 Å². The quantitative estimate of drug-likeness (QED) is 0.504. The molecule has 0 fully saturated rings. The lowest BCUT2D eigenvalue weighted by Gasteiger charge is -2.12. The smallest absolute Gasteiger partial charge is 0.224 e. The minimum Gasteiger partial charge on any atom is -0.356 e. The van der Waals surface area contributed by atoms with Gasteiger partial charge in [0.25, 0.3) is 0 Å². The molecular weight excluding hydrogens is 326 g/mol. The van der Waals surface area contributed by atoms with Crippen LogP contribution in [0.5, 0.6) is 0 Å². The Hall–Kier alpha value is -2.89. The van der Waals surface area contributed by atoms with Crippen molar-refractivity contribution in [3.63, 3.8) is 0 Å². The van der Waals surface area contributed by atoms with Crippen LogP contribution in [0.4, 0.5) is 5.69 Å². The molecule has 0 aliphatic carbocycles. The van der Waals surface area contributed by atoms with Gasteiger partial charge in [-0.05, 0) is 36.2 Å². The Labute approximate surface area is 155 Å². The van der Waals surface area contributed by atoms with E-state index in [9.17, 15) is 4.79 Å². The van der Waals surface area contributed by atoms with E-state index < -0.39 is 0 Å². The summed E-state index contributed by atoms with van der Waals surface area (Å²) in [7, 11) is 1.75. The topological polar surface area (TPSA) is 78.4 Å². The summed E-state index contributed by atoms with van der Waals surface area (Å²) in [6.45, 7) is 3.41. The summed E-state index contributed by atoms with van der Waals surface area (Å²) in [5, 5.41) is 9.45. The number of amides is 1. The van der Waals surface area contributed by atoms with Gasteiger partial charge in [-0.3, -0.25) is 14.8 Å². The Balaban J connectivity index is 1.74. The van der Waals surface area contributed by atoms with E-state index in [-0.39, 0.29) is 5.91 Å². The van der Waals surface area contributed by atoms with Gasteiger partial charge in [0, 0.05) is 50.6 Å². The van der Waals surface area contributed by atoms with E-state index in [2.05, 4.69) is 25.9 Å². The van der Waals surface area contributed by atoms with Crippen LogP contribution in [0.15, 0.2) is 53.7 Å². The number of rotatable bonds is 8. The predicted octanol–water partition coefficient (Wildman–Crippen LogP) is 2.73. The van der Waals surface area contributed by atoms with Crippen molar-refractivity contribution in [3.8, 4) is 0 Å². The Morgan fingerprint density at radius 3 is 2.58 bits per heavy atom. The molecule has 0 atom stereocenters. The van der Waals surface area contributed by atoms with Gasteiger partial charge in [-0.25, -0.2) is 0 Å². The SMILES string of the molecule is CCCC(=O)Nc1ccc(CNC(=NC)NCCc2ccccn2)cc1. The molecule has 2 rings (SSSR count). The molecule has 1 aromatic heterocycles. The highest BCUT2D eigenvalue weighted by Gasteiger charge is 2.02. The van der Waals surface area contributed by atoms with Gasteiger partial charge < -0.3 is 16.0 Å². The van der Waals surface area contributed by atoms with Gasteiger partial charge in [-0.15, -0.1) is 0 Å². The van der Waals surface area contributed by atoms with E-state index in [4.69, 9.17) is 0 Å². The van der Waals surface area contributed by atoms with Crippen LogP contribution >= 0.6 is 0 Å². The molecule has 6 heteroatoms. The molecule has 1 amide bonds. The first-order valence-electron chi connectivity index (χ1n) is 8.94. The Morgan fingerprint density at radius 1 is 1.12 bits per heavy atom. The Morgan fingerprint density at radius 2 is 1.92 bits per heavy atom. The molecule has 1 heterocycles. The first-order valence-corrected chi connectivity index (χ1v) is 8.94. The first-order chi connectivity index (χ1) is 12.7. The van der Waals surface area contributed by atoms with Crippen molar-refractivity contribution in [1.82, 2.24) is 15.6 Å². The van der Waals surface area contributed by atoms with Crippen molar-refractivity contribution in [2.24, 2.45) is 4.99 Å². The third-order valence-electron chi connectivity index (χ3n) is 3.80. The van der Waals surface area contributed by atoms with Crippen LogP contribution in [0.1, 0.15) is 31.0 Å². The lowest BCUT2D eigenvalue weighted by atomic mass is 10.2. The molecule has 0 spiro atoms. The van der Waals surface area contributed by atoms with E-state index in [0.717, 1.165) is 42.3 Å². The van der Waals surface area contributed by atoms with Gasteiger partial charge in [-0.1, -0.05) is 25.1 Å². The highest BCUT2D eigenvalue weighted by Crippen LogP contribution is 2.10. The molecule has 138 valence electrons. The van der Waals surface area contributed by atoms with E-state index in [1.807, 2.05) is 49.4 Å². The molecule has 0 aliphatic heterocycles. The van der Waals surface area contributed by atoms with Gasteiger partial charge >= 0.3 is 0 Å². The molecule has 1 aromatic carbocycles. The number of carbonyl (C=O) groups is 1. The van der Waals surface area contributed by atoms with Gasteiger partial charge in [0.2, 0.25) is 5.91 Å². The predicted molar refractivity (Wildman–Crippen MR) is 106 cm³/mol. The van der Waals surface area contributed by atoms with Crippen molar-refractivity contribution < 1.29 is 4.79 Å². The molecule has 0 radical (unpaired) electrons. The summed E-state index contributed by atoms with van der Waals surface area (Å²) in [6.07, 6.45) is 4.04. The van der Waals surface area contributed by atoms with Crippen LogP contribution in [-0.2, 0) is 17.8 Å². The molecule has 3 N–H and O–H groups in total. The zero-order valence-electron chi connectivity index (χ0n) is 15.5. The number of nitrogens with zero attached hydrogens (tertiary/aromatic N) is 2. The van der Waals surface area contributed by atoms with Crippen LogP contribution in [-0.4, -0.2) is 30.4 Å². The number of hydrogen-bond donors (Lipinski definition) is 3. The number of hydrogen-bond acceptors (Lipinski definition) is 3. The second-order valence-corrected chi connectivity index (χ2v) is 5.92. The minimum absolute atomic E-state index is 0.0517. The monoisotopic (exact) mass is 353 g/mol. The molecule has 0 aliphatic rings. The van der Waals surface area contributed by atoms with Crippen LogP contribution in [0.3, 0.4) is 0 Å². The number of pyridine rings is 1. The summed E-state index contributed by atoms with van der Waals surface area (Å²) in [6, 6.07) is 13.7. The van der Waals surface area contributed by atoms with Gasteiger partial charge in [0.15, 0.2) is 5.96 Å². The average molecular weight is 353 g/mol. The lowest BCUT2D eigenvalue weighted by molar-refractivity contribution is -0.116. The zero-order valence-corrected chi connectivity index (χ0v) is 15.5. The highest BCUT2D eigenvalue weighted by atomic mass is 16.1. The molecule has 2 aromatic rings. The summed E-state index contributed by atoms with van der Waals surface area (Å²) in [5.74, 6) is 0.803. The zero-order chi connectivity index (χ0) is 18.6. The highest BCUT2D eigenvalue weighted by molar-refractivity contribution is 5.90. The fraction of sp³-hybridized carbons (Fsp3) is 0.350. The third-order valence-corrected chi connectivity index (χ3v) is 3.80. The number of carbonyl (C=O) groups excluding carboxylic acids is 1. The average Bonchev–Trinajstić information content (AvgIpc) is 2.66. The van der Waals surface area contributed by atoms with Crippen molar-refractivity contribution in [2.75, 3.05) is 18.9 Å². The van der Waals surface area contributed by atoms with Crippen LogP contribution in [0, 0.1) is 0 Å². The van der Waals surface area contributed by atoms with Crippen molar-refractivity contribution in [1.29, 1.82) is 0 Å². The fourth-order valence-electron chi connectivity index (χ4n) is 2.42. The summed E-state index contributed by atoms with van der Waals surface area (Å²) in [4.78, 5) is 20.1. The number of guanidine groups is 1. The maximum Gasteiger partial charge on any atom is 0.224 e. The summed E-state index contributed by atoms with van der Waals surface area (Å²) in [5.41, 5.74) is 2.99. The van der Waals surface area contributed by atoms with E-state index in [1.54, 1.807) is 13.2 Å². The van der Waals surface area contributed by atoms with E-state index in [0.29, 0.717) is 13.0 Å². The number of benzene rings is 1. The third kappa shape index (κ3) is 6.93. The summed E-state index contributed by atoms with van der Waals surface area (Å²) >= 11 is 0. The normalized spacial score (nSPS) is 11.1. The van der Waals surface area contributed by atoms with E-state index in [1.165, 1.54) is 0 Å². The van der Waals surface area contributed by atoms with Crippen molar-refractivity contribution in [2.45, 2.75) is 32.7 Å². The van der Waals surface area contributed by atoms with Crippen molar-refractivity contribution >= 4 is 17.6 Å². The van der Waals surface area contributed by atoms with Crippen LogP contribution < -0.4 is 16.0 Å². The van der Waals surface area contributed by atoms with E-state index >= 15 is 0 Å². The molecule has 0 unspecified atom stereocenters. The van der Waals surface area contributed by atoms with Crippen LogP contribution in [0.25, 0.3) is 0 Å². The first kappa shape index (κ1) is 19.4. The second kappa shape index (κ2) is 10.9. The maximum atomic E-state index is 11.6. The molecular formula is C20H27N5O. The second-order valence-electron chi connectivity index (χ2n) is 5.92. The van der Waals surface area contributed by atoms with Crippen LogP contribution in [0.2, 0.25) is 0 Å². The molecule has 0 bridgehead atoms. The largest absolute Gasteiger partial charge is 0.356 e. The minimum atomic E-state index is 0.0517. The lowest BCUT2D eigenvalue weighted by Crippen LogP contribution is -2.37. The van der Waals surface area contributed by atoms with Gasteiger partial charge in [0.05, 0.1) is 0 Å². The molecule has 0 saturated heterocycles. The number of aromatic nitrogens is 1. The fourth-order valence-corrected chi connectivity index (χ4v) is 2.42. The standard InChI is InChI=1S/C20H27N5O/c1-3-6-19(26)25-18-10-8-16(9-11-18)15-24-20(21-2)23-14-12-17-7-4-5-13-22-17/h4-5,7-11,13H,3,6,12,14-15H2,1-2H3,(H,25,26)(H2,21,23,24). The maximum absolute atomic E-state index is 11.6. The Bertz CT molecular complexity index is 698. The van der Waals surface area contributed by atoms with Crippen molar-refractivity contribution in [3.05, 3.63) is 59.9 Å². The molecule has 0 saturated carbocycles. The number of anilines is 1.